The van der Waals surface area contributed by atoms with Crippen molar-refractivity contribution < 1.29 is 14.3 Å². The molecule has 140 valence electrons. The molecule has 2 aromatic carbocycles. The number of methoxy groups -OCH3 is 2. The van der Waals surface area contributed by atoms with Gasteiger partial charge in [-0.05, 0) is 42.2 Å². The van der Waals surface area contributed by atoms with E-state index in [1.807, 2.05) is 30.3 Å². The Morgan fingerprint density at radius 3 is 2.44 bits per heavy atom. The van der Waals surface area contributed by atoms with Crippen LogP contribution in [0.4, 0.5) is 5.69 Å². The van der Waals surface area contributed by atoms with Crippen molar-refractivity contribution in [3.63, 3.8) is 0 Å². The number of amides is 1. The molecular formula is C22H24N2O3. The van der Waals surface area contributed by atoms with Gasteiger partial charge in [0, 0.05) is 11.3 Å². The molecule has 1 atom stereocenters. The van der Waals surface area contributed by atoms with Crippen molar-refractivity contribution >= 4 is 17.7 Å². The minimum absolute atomic E-state index is 0.0208. The molecule has 0 heterocycles. The maximum Gasteiger partial charge on any atom is 0.266 e. The fraction of sp³-hybridized carbons (Fsp3) is 0.273. The normalized spacial score (nSPS) is 12.0. The number of carbonyl (C=O) groups excluding carboxylic acids is 1. The molecule has 0 spiro atoms. The number of nitriles is 1. The third kappa shape index (κ3) is 4.89. The number of hydrogen-bond acceptors (Lipinski definition) is 4. The highest BCUT2D eigenvalue weighted by Gasteiger charge is 2.13. The molecular weight excluding hydrogens is 340 g/mol. The van der Waals surface area contributed by atoms with Crippen LogP contribution in [0.2, 0.25) is 0 Å². The van der Waals surface area contributed by atoms with Gasteiger partial charge in [-0.1, -0.05) is 38.1 Å². The molecule has 0 aromatic heterocycles. The number of carbonyl (C=O) groups is 1. The van der Waals surface area contributed by atoms with Gasteiger partial charge in [-0.3, -0.25) is 4.79 Å². The van der Waals surface area contributed by atoms with Gasteiger partial charge in [0.05, 0.1) is 14.2 Å². The maximum atomic E-state index is 12.5. The van der Waals surface area contributed by atoms with Gasteiger partial charge in [0.15, 0.2) is 11.5 Å². The predicted molar refractivity (Wildman–Crippen MR) is 107 cm³/mol. The summed E-state index contributed by atoms with van der Waals surface area (Å²) in [5.41, 5.74) is 2.43. The monoisotopic (exact) mass is 364 g/mol. The first-order valence-corrected chi connectivity index (χ1v) is 8.78. The van der Waals surface area contributed by atoms with Gasteiger partial charge < -0.3 is 14.8 Å². The van der Waals surface area contributed by atoms with Crippen LogP contribution in [0.25, 0.3) is 6.08 Å². The second kappa shape index (κ2) is 9.44. The average Bonchev–Trinajstić information content (AvgIpc) is 2.71. The van der Waals surface area contributed by atoms with E-state index in [0.717, 1.165) is 6.42 Å². The lowest BCUT2D eigenvalue weighted by atomic mass is 9.98. The average molecular weight is 364 g/mol. The predicted octanol–water partition coefficient (Wildman–Crippen LogP) is 4.76. The van der Waals surface area contributed by atoms with E-state index in [0.29, 0.717) is 28.7 Å². The summed E-state index contributed by atoms with van der Waals surface area (Å²) in [6.07, 6.45) is 2.54. The van der Waals surface area contributed by atoms with Crippen LogP contribution in [0, 0.1) is 11.3 Å². The van der Waals surface area contributed by atoms with Crippen LogP contribution in [0.1, 0.15) is 37.3 Å². The molecule has 0 saturated heterocycles. The summed E-state index contributed by atoms with van der Waals surface area (Å²) in [5.74, 6) is 0.992. The summed E-state index contributed by atoms with van der Waals surface area (Å²) in [4.78, 5) is 12.5. The van der Waals surface area contributed by atoms with Crippen LogP contribution in [-0.4, -0.2) is 20.1 Å². The largest absolute Gasteiger partial charge is 0.493 e. The molecule has 0 aliphatic heterocycles. The van der Waals surface area contributed by atoms with Crippen molar-refractivity contribution in [1.82, 2.24) is 0 Å². The van der Waals surface area contributed by atoms with Crippen LogP contribution in [-0.2, 0) is 4.79 Å². The Labute approximate surface area is 160 Å². The van der Waals surface area contributed by atoms with Gasteiger partial charge in [-0.15, -0.1) is 0 Å². The zero-order valence-corrected chi connectivity index (χ0v) is 16.1. The Hall–Kier alpha value is -3.26. The zero-order valence-electron chi connectivity index (χ0n) is 16.1. The number of ether oxygens (including phenoxy) is 2. The first-order valence-electron chi connectivity index (χ1n) is 8.78. The number of para-hydroxylation sites is 1. The summed E-state index contributed by atoms with van der Waals surface area (Å²) < 4.78 is 10.6. The molecule has 0 aliphatic carbocycles. The van der Waals surface area contributed by atoms with E-state index in [1.165, 1.54) is 25.9 Å². The lowest BCUT2D eigenvalue weighted by Gasteiger charge is -2.11. The lowest BCUT2D eigenvalue weighted by Crippen LogP contribution is -2.13. The number of nitrogens with one attached hydrogen (secondary N) is 1. The quantitative estimate of drug-likeness (QED) is 0.568. The molecule has 27 heavy (non-hydrogen) atoms. The Bertz CT molecular complexity index is 864. The highest BCUT2D eigenvalue weighted by Crippen LogP contribution is 2.32. The van der Waals surface area contributed by atoms with Crippen LogP contribution >= 0.6 is 0 Å². The number of benzene rings is 2. The van der Waals surface area contributed by atoms with Crippen molar-refractivity contribution in [2.75, 3.05) is 19.5 Å². The van der Waals surface area contributed by atoms with Crippen molar-refractivity contribution in [1.29, 1.82) is 5.26 Å². The molecule has 5 nitrogen and oxygen atoms in total. The molecule has 0 aliphatic rings. The van der Waals surface area contributed by atoms with Crippen molar-refractivity contribution in [3.05, 3.63) is 59.2 Å². The Morgan fingerprint density at radius 1 is 1.19 bits per heavy atom. The third-order valence-electron chi connectivity index (χ3n) is 4.45. The van der Waals surface area contributed by atoms with Crippen LogP contribution in [0.3, 0.4) is 0 Å². The van der Waals surface area contributed by atoms with Gasteiger partial charge >= 0.3 is 0 Å². The lowest BCUT2D eigenvalue weighted by molar-refractivity contribution is -0.112. The summed E-state index contributed by atoms with van der Waals surface area (Å²) in [6.45, 7) is 4.29. The number of hydrogen-bond donors (Lipinski definition) is 1. The summed E-state index contributed by atoms with van der Waals surface area (Å²) in [5, 5.41) is 12.2. The van der Waals surface area contributed by atoms with Gasteiger partial charge in [0.25, 0.3) is 5.91 Å². The molecule has 2 aromatic rings. The molecule has 0 bridgehead atoms. The highest BCUT2D eigenvalue weighted by molar-refractivity contribution is 6.09. The van der Waals surface area contributed by atoms with E-state index in [9.17, 15) is 10.1 Å². The number of anilines is 1. The summed E-state index contributed by atoms with van der Waals surface area (Å²) in [6, 6.07) is 14.9. The van der Waals surface area contributed by atoms with E-state index in [4.69, 9.17) is 9.47 Å². The molecule has 1 amide bonds. The fourth-order valence-corrected chi connectivity index (χ4v) is 2.66. The molecule has 0 fully saturated rings. The topological polar surface area (TPSA) is 71.4 Å². The van der Waals surface area contributed by atoms with Crippen LogP contribution < -0.4 is 14.8 Å². The molecule has 5 heteroatoms. The van der Waals surface area contributed by atoms with Crippen molar-refractivity contribution in [3.8, 4) is 17.6 Å². The van der Waals surface area contributed by atoms with Gasteiger partial charge in [0.1, 0.15) is 11.6 Å². The first-order chi connectivity index (χ1) is 13.0. The van der Waals surface area contributed by atoms with Gasteiger partial charge in [-0.25, -0.2) is 0 Å². The van der Waals surface area contributed by atoms with Gasteiger partial charge in [0.2, 0.25) is 0 Å². The number of nitrogens with zero attached hydrogens (tertiary/aromatic N) is 1. The summed E-state index contributed by atoms with van der Waals surface area (Å²) >= 11 is 0. The third-order valence-corrected chi connectivity index (χ3v) is 4.45. The van der Waals surface area contributed by atoms with Crippen LogP contribution in [0.15, 0.2) is 48.0 Å². The minimum Gasteiger partial charge on any atom is -0.493 e. The summed E-state index contributed by atoms with van der Waals surface area (Å²) in [7, 11) is 3.05. The first kappa shape index (κ1) is 20.1. The Kier molecular flexibility index (Phi) is 7.01. The van der Waals surface area contributed by atoms with Crippen molar-refractivity contribution in [2.24, 2.45) is 0 Å². The molecule has 2 rings (SSSR count). The highest BCUT2D eigenvalue weighted by atomic mass is 16.5. The molecule has 0 saturated carbocycles. The number of rotatable bonds is 7. The maximum absolute atomic E-state index is 12.5. The Balaban J connectivity index is 2.24. The van der Waals surface area contributed by atoms with Crippen LogP contribution in [0.5, 0.6) is 11.5 Å². The second-order valence-electron chi connectivity index (χ2n) is 6.14. The minimum atomic E-state index is -0.473. The Morgan fingerprint density at radius 2 is 1.89 bits per heavy atom. The zero-order chi connectivity index (χ0) is 19.8. The smallest absolute Gasteiger partial charge is 0.266 e. The van der Waals surface area contributed by atoms with E-state index < -0.39 is 5.91 Å². The van der Waals surface area contributed by atoms with Crippen molar-refractivity contribution in [2.45, 2.75) is 26.2 Å². The molecule has 1 N–H and O–H groups in total. The van der Waals surface area contributed by atoms with E-state index in [-0.39, 0.29) is 5.57 Å². The van der Waals surface area contributed by atoms with E-state index >= 15 is 0 Å². The standard InChI is InChI=1S/C22H24N2O3/c1-5-15(2)16-9-11-19(12-10-16)24-22(25)18(14-23)13-17-7-6-8-20(26-3)21(17)27-4/h6-13,15H,5H2,1-4H3,(H,24,25)/b18-13+/t15-/m0/s1. The second-order valence-corrected chi connectivity index (χ2v) is 6.14. The fourth-order valence-electron chi connectivity index (χ4n) is 2.66. The molecule has 0 unspecified atom stereocenters. The SMILES string of the molecule is CC[C@H](C)c1ccc(NC(=O)/C(C#N)=C/c2cccc(OC)c2OC)cc1. The van der Waals surface area contributed by atoms with Gasteiger partial charge in [-0.2, -0.15) is 5.26 Å². The van der Waals surface area contributed by atoms with E-state index in [2.05, 4.69) is 19.2 Å². The van der Waals surface area contributed by atoms with E-state index in [1.54, 1.807) is 18.2 Å². The molecule has 0 radical (unpaired) electrons.